The van der Waals surface area contributed by atoms with E-state index in [-0.39, 0.29) is 6.10 Å². The molecule has 4 heteroatoms. The van der Waals surface area contributed by atoms with Gasteiger partial charge in [0, 0.05) is 23.6 Å². The number of fused-ring (bicyclic) bond motifs is 1. The highest BCUT2D eigenvalue weighted by atomic mass is 32.2. The average Bonchev–Trinajstić information content (AvgIpc) is 2.74. The molecule has 1 aromatic heterocycles. The van der Waals surface area contributed by atoms with Crippen LogP contribution >= 0.6 is 11.8 Å². The van der Waals surface area contributed by atoms with E-state index in [1.807, 2.05) is 24.4 Å². The number of methoxy groups -OCH3 is 1. The van der Waals surface area contributed by atoms with Crippen molar-refractivity contribution >= 4 is 22.5 Å². The minimum atomic E-state index is -0.746. The number of nitriles is 1. The van der Waals surface area contributed by atoms with Gasteiger partial charge in [-0.2, -0.15) is 5.26 Å². The van der Waals surface area contributed by atoms with Crippen LogP contribution in [0.5, 0.6) is 0 Å². The highest BCUT2D eigenvalue weighted by Gasteiger charge is 2.36. The number of pyridine rings is 1. The molecule has 2 aromatic carbocycles. The van der Waals surface area contributed by atoms with E-state index in [2.05, 4.69) is 56.3 Å². The number of benzene rings is 2. The molecule has 0 saturated heterocycles. The number of hydrogen-bond donors (Lipinski definition) is 0. The molecule has 3 nitrogen and oxygen atoms in total. The van der Waals surface area contributed by atoms with Crippen LogP contribution in [0.4, 0.5) is 0 Å². The zero-order valence-electron chi connectivity index (χ0n) is 16.7. The number of thioether (sulfide) groups is 1. The van der Waals surface area contributed by atoms with Gasteiger partial charge in [0.15, 0.2) is 0 Å². The molecule has 3 rings (SSSR count). The van der Waals surface area contributed by atoms with Gasteiger partial charge in [0.25, 0.3) is 0 Å². The van der Waals surface area contributed by atoms with Gasteiger partial charge < -0.3 is 4.74 Å². The van der Waals surface area contributed by atoms with Crippen LogP contribution in [0.25, 0.3) is 10.8 Å². The lowest BCUT2D eigenvalue weighted by Gasteiger charge is -2.27. The monoisotopic (exact) mass is 390 g/mol. The van der Waals surface area contributed by atoms with E-state index in [0.29, 0.717) is 0 Å². The van der Waals surface area contributed by atoms with Crippen molar-refractivity contribution in [3.63, 3.8) is 0 Å². The van der Waals surface area contributed by atoms with Gasteiger partial charge in [-0.3, -0.25) is 4.98 Å². The summed E-state index contributed by atoms with van der Waals surface area (Å²) in [6.45, 7) is 4.14. The molecule has 0 bridgehead atoms. The van der Waals surface area contributed by atoms with Gasteiger partial charge in [0.2, 0.25) is 0 Å². The molecule has 1 heterocycles. The molecule has 0 N–H and O–H groups in total. The molecule has 0 aliphatic heterocycles. The molecule has 0 spiro atoms. The SMILES string of the molecule is COC(C)CCCC(C#N)(Sc1ccc(C)cc1)c1nccc2ccccc12. The molecule has 144 valence electrons. The van der Waals surface area contributed by atoms with Crippen LogP contribution in [0, 0.1) is 18.3 Å². The Morgan fingerprint density at radius 3 is 2.61 bits per heavy atom. The quantitative estimate of drug-likeness (QED) is 0.426. The first kappa shape index (κ1) is 20.4. The maximum atomic E-state index is 10.4. The summed E-state index contributed by atoms with van der Waals surface area (Å²) in [4.78, 5) is 5.79. The Morgan fingerprint density at radius 1 is 1.14 bits per heavy atom. The largest absolute Gasteiger partial charge is 0.382 e. The summed E-state index contributed by atoms with van der Waals surface area (Å²) in [5, 5.41) is 12.5. The van der Waals surface area contributed by atoms with Crippen LogP contribution < -0.4 is 0 Å². The summed E-state index contributed by atoms with van der Waals surface area (Å²) in [5.41, 5.74) is 2.06. The molecule has 2 unspecified atom stereocenters. The molecular weight excluding hydrogens is 364 g/mol. The number of hydrogen-bond acceptors (Lipinski definition) is 4. The lowest BCUT2D eigenvalue weighted by molar-refractivity contribution is 0.108. The first-order valence-corrected chi connectivity index (χ1v) is 10.4. The maximum Gasteiger partial charge on any atom is 0.149 e. The van der Waals surface area contributed by atoms with Crippen LogP contribution in [0.3, 0.4) is 0 Å². The van der Waals surface area contributed by atoms with Gasteiger partial charge >= 0.3 is 0 Å². The van der Waals surface area contributed by atoms with Crippen molar-refractivity contribution in [2.24, 2.45) is 0 Å². The molecule has 0 aliphatic rings. The Hall–Kier alpha value is -2.35. The Morgan fingerprint density at radius 2 is 1.89 bits per heavy atom. The highest BCUT2D eigenvalue weighted by Crippen LogP contribution is 2.46. The Labute approximate surface area is 171 Å². The molecule has 3 aromatic rings. The average molecular weight is 391 g/mol. The van der Waals surface area contributed by atoms with E-state index >= 15 is 0 Å². The lowest BCUT2D eigenvalue weighted by atomic mass is 9.93. The van der Waals surface area contributed by atoms with Crippen LogP contribution in [0.1, 0.15) is 37.4 Å². The molecule has 0 aliphatic carbocycles. The summed E-state index contributed by atoms with van der Waals surface area (Å²) in [7, 11) is 1.73. The first-order chi connectivity index (χ1) is 13.6. The summed E-state index contributed by atoms with van der Waals surface area (Å²) < 4.78 is 4.65. The van der Waals surface area contributed by atoms with E-state index in [1.54, 1.807) is 18.9 Å². The second kappa shape index (κ2) is 9.23. The summed E-state index contributed by atoms with van der Waals surface area (Å²) in [6, 6.07) is 21.2. The van der Waals surface area contributed by atoms with Crippen molar-refractivity contribution in [1.82, 2.24) is 4.98 Å². The standard InChI is InChI=1S/C24H26N2OS/c1-18-10-12-21(13-11-18)28-24(17-25,15-6-7-19(2)27-3)23-22-9-5-4-8-20(22)14-16-26-23/h4-5,8-14,16,19H,6-7,15H2,1-3H3. The number of ether oxygens (including phenoxy) is 1. The molecule has 0 radical (unpaired) electrons. The first-order valence-electron chi connectivity index (χ1n) is 9.62. The Kier molecular flexibility index (Phi) is 6.72. The van der Waals surface area contributed by atoms with Crippen LogP contribution in [-0.4, -0.2) is 18.2 Å². The lowest BCUT2D eigenvalue weighted by Crippen LogP contribution is -2.22. The van der Waals surface area contributed by atoms with Crippen LogP contribution in [0.2, 0.25) is 0 Å². The number of aryl methyl sites for hydroxylation is 1. The fourth-order valence-corrected chi connectivity index (χ4v) is 4.58. The summed E-state index contributed by atoms with van der Waals surface area (Å²) in [6.07, 6.45) is 4.53. The van der Waals surface area contributed by atoms with E-state index in [1.165, 1.54) is 5.56 Å². The Balaban J connectivity index is 2.03. The van der Waals surface area contributed by atoms with Crippen LogP contribution in [0.15, 0.2) is 65.7 Å². The smallest absolute Gasteiger partial charge is 0.149 e. The van der Waals surface area contributed by atoms with Crippen LogP contribution in [-0.2, 0) is 9.48 Å². The zero-order chi connectivity index (χ0) is 20.0. The fraction of sp³-hybridized carbons (Fsp3) is 0.333. The van der Waals surface area contributed by atoms with Crippen molar-refractivity contribution < 1.29 is 4.74 Å². The third kappa shape index (κ3) is 4.55. The summed E-state index contributed by atoms with van der Waals surface area (Å²) >= 11 is 1.61. The Bertz CT molecular complexity index is 959. The van der Waals surface area contributed by atoms with Crippen molar-refractivity contribution in [2.75, 3.05) is 7.11 Å². The topological polar surface area (TPSA) is 45.9 Å². The van der Waals surface area contributed by atoms with Gasteiger partial charge in [-0.05, 0) is 56.7 Å². The molecule has 2 atom stereocenters. The predicted molar refractivity (Wildman–Crippen MR) is 116 cm³/mol. The number of aromatic nitrogens is 1. The van der Waals surface area contributed by atoms with Crippen molar-refractivity contribution in [2.45, 2.75) is 48.9 Å². The second-order valence-electron chi connectivity index (χ2n) is 7.17. The van der Waals surface area contributed by atoms with E-state index in [4.69, 9.17) is 9.72 Å². The zero-order valence-corrected chi connectivity index (χ0v) is 17.5. The molecule has 28 heavy (non-hydrogen) atoms. The predicted octanol–water partition coefficient (Wildman–Crippen LogP) is 6.26. The molecule has 0 saturated carbocycles. The van der Waals surface area contributed by atoms with Crippen molar-refractivity contribution in [1.29, 1.82) is 5.26 Å². The van der Waals surface area contributed by atoms with E-state index in [9.17, 15) is 5.26 Å². The normalized spacial score (nSPS) is 14.4. The molecule has 0 fully saturated rings. The van der Waals surface area contributed by atoms with Gasteiger partial charge in [0.1, 0.15) is 4.75 Å². The van der Waals surface area contributed by atoms with Gasteiger partial charge in [-0.25, -0.2) is 0 Å². The van der Waals surface area contributed by atoms with Gasteiger partial charge in [0.05, 0.1) is 17.9 Å². The summed E-state index contributed by atoms with van der Waals surface area (Å²) in [5.74, 6) is 0. The van der Waals surface area contributed by atoms with Crippen molar-refractivity contribution in [3.05, 3.63) is 72.1 Å². The number of nitrogens with zero attached hydrogens (tertiary/aromatic N) is 2. The second-order valence-corrected chi connectivity index (χ2v) is 8.55. The highest BCUT2D eigenvalue weighted by molar-refractivity contribution is 8.00. The number of rotatable bonds is 8. The fourth-order valence-electron chi connectivity index (χ4n) is 3.35. The van der Waals surface area contributed by atoms with E-state index < -0.39 is 4.75 Å². The van der Waals surface area contributed by atoms with E-state index in [0.717, 1.165) is 40.6 Å². The molecular formula is C24H26N2OS. The minimum absolute atomic E-state index is 0.182. The van der Waals surface area contributed by atoms with Gasteiger partial charge in [-0.1, -0.05) is 53.7 Å². The van der Waals surface area contributed by atoms with Gasteiger partial charge in [-0.15, -0.1) is 0 Å². The third-order valence-corrected chi connectivity index (χ3v) is 6.44. The maximum absolute atomic E-state index is 10.4. The molecule has 0 amide bonds. The minimum Gasteiger partial charge on any atom is -0.382 e. The third-order valence-electron chi connectivity index (χ3n) is 5.09. The van der Waals surface area contributed by atoms with Crippen molar-refractivity contribution in [3.8, 4) is 6.07 Å².